The highest BCUT2D eigenvalue weighted by molar-refractivity contribution is 6.21. The molecule has 0 bridgehead atoms. The Morgan fingerprint density at radius 1 is 1.36 bits per heavy atom. The highest BCUT2D eigenvalue weighted by Gasteiger charge is 2.35. The normalized spacial score (nSPS) is 15.8. The molecule has 2 rings (SSSR count). The topological polar surface area (TPSA) is 109 Å². The highest BCUT2D eigenvalue weighted by Crippen LogP contribution is 2.22. The van der Waals surface area contributed by atoms with Crippen LogP contribution in [0.4, 0.5) is 0 Å². The number of hydrogen-bond donors (Lipinski definition) is 1. The van der Waals surface area contributed by atoms with Crippen LogP contribution in [0.5, 0.6) is 0 Å². The molecule has 118 valence electrons. The summed E-state index contributed by atoms with van der Waals surface area (Å²) in [5, 5.41) is 24.8. The quantitative estimate of drug-likeness (QED) is 0.352. The van der Waals surface area contributed by atoms with Gasteiger partial charge < -0.3 is 15.2 Å². The number of carbonyl (C=O) groups is 2. The Morgan fingerprint density at radius 3 is 2.41 bits per heavy atom. The van der Waals surface area contributed by atoms with E-state index in [1.165, 1.54) is 7.05 Å². The van der Waals surface area contributed by atoms with Crippen molar-refractivity contribution in [2.24, 2.45) is 5.28 Å². The van der Waals surface area contributed by atoms with Crippen LogP contribution in [0.3, 0.4) is 0 Å². The summed E-state index contributed by atoms with van der Waals surface area (Å²) in [6.45, 7) is 0.917. The molecule has 0 fully saturated rings. The predicted molar refractivity (Wildman–Crippen MR) is 73.3 cm³/mol. The van der Waals surface area contributed by atoms with E-state index >= 15 is 0 Å². The summed E-state index contributed by atoms with van der Waals surface area (Å²) in [4.78, 5) is 29.8. The number of aliphatic hydroxyl groups excluding tert-OH is 1. The molecule has 0 radical (unpaired) electrons. The number of rotatable bonds is 6. The fourth-order valence-corrected chi connectivity index (χ4v) is 1.83. The van der Waals surface area contributed by atoms with Crippen LogP contribution in [0.1, 0.15) is 27.6 Å². The van der Waals surface area contributed by atoms with Crippen LogP contribution in [0.25, 0.3) is 0 Å². The van der Waals surface area contributed by atoms with Crippen molar-refractivity contribution in [1.29, 1.82) is 0 Å². The van der Waals surface area contributed by atoms with Crippen molar-refractivity contribution in [2.45, 2.75) is 13.0 Å². The van der Waals surface area contributed by atoms with Gasteiger partial charge in [0.1, 0.15) is 6.04 Å². The van der Waals surface area contributed by atoms with Gasteiger partial charge in [-0.15, -0.1) is 5.01 Å². The van der Waals surface area contributed by atoms with Gasteiger partial charge in [0.05, 0.1) is 29.8 Å². The Hall–Kier alpha value is -2.68. The molecule has 1 atom stereocenters. The first-order chi connectivity index (χ1) is 10.5. The second-order valence-corrected chi connectivity index (χ2v) is 4.78. The maximum absolute atomic E-state index is 12.0. The molecule has 0 saturated carbocycles. The SMILES string of the molecule is C[C@@H](CO)N(C)/[N+]([O-])=N\OCN1C(=O)c2ccccc2C1=O. The third-order valence-corrected chi connectivity index (χ3v) is 3.36. The van der Waals surface area contributed by atoms with Crippen LogP contribution in [0.2, 0.25) is 0 Å². The van der Waals surface area contributed by atoms with Crippen LogP contribution in [-0.4, -0.2) is 58.2 Å². The molecule has 1 N–H and O–H groups in total. The van der Waals surface area contributed by atoms with Gasteiger partial charge in [-0.1, -0.05) is 12.1 Å². The molecule has 2 amide bonds. The zero-order valence-electron chi connectivity index (χ0n) is 12.2. The fourth-order valence-electron chi connectivity index (χ4n) is 1.83. The number of likely N-dealkylation sites (N-methyl/N-ethyl adjacent to an activating group) is 1. The number of amides is 2. The molecular formula is C13H16N4O5. The molecule has 0 spiro atoms. The molecule has 0 aliphatic carbocycles. The smallest absolute Gasteiger partial charge is 0.264 e. The van der Waals surface area contributed by atoms with Gasteiger partial charge in [-0.05, 0) is 19.1 Å². The number of benzene rings is 1. The van der Waals surface area contributed by atoms with E-state index in [0.717, 1.165) is 9.91 Å². The van der Waals surface area contributed by atoms with Crippen LogP contribution in [0.15, 0.2) is 29.5 Å². The van der Waals surface area contributed by atoms with Crippen molar-refractivity contribution in [3.8, 4) is 0 Å². The average molecular weight is 308 g/mol. The van der Waals surface area contributed by atoms with Crippen LogP contribution >= 0.6 is 0 Å². The molecule has 1 heterocycles. The third-order valence-electron chi connectivity index (χ3n) is 3.36. The molecule has 1 aliphatic rings. The summed E-state index contributed by atoms with van der Waals surface area (Å²) in [7, 11) is 1.42. The minimum atomic E-state index is -0.495. The van der Waals surface area contributed by atoms with Gasteiger partial charge in [0, 0.05) is 0 Å². The van der Waals surface area contributed by atoms with Crippen molar-refractivity contribution >= 4 is 11.8 Å². The van der Waals surface area contributed by atoms with E-state index < -0.39 is 24.6 Å². The Bertz CT molecular complexity index is 583. The summed E-state index contributed by atoms with van der Waals surface area (Å²) in [5.74, 6) is -0.990. The second-order valence-electron chi connectivity index (χ2n) is 4.78. The first-order valence-electron chi connectivity index (χ1n) is 6.56. The van der Waals surface area contributed by atoms with Crippen molar-refractivity contribution in [2.75, 3.05) is 20.4 Å². The number of nitrogens with zero attached hydrogens (tertiary/aromatic N) is 4. The summed E-state index contributed by atoms with van der Waals surface area (Å²) < 4.78 is 0. The predicted octanol–water partition coefficient (Wildman–Crippen LogP) is 0.362. The van der Waals surface area contributed by atoms with E-state index in [9.17, 15) is 14.8 Å². The van der Waals surface area contributed by atoms with E-state index in [0.29, 0.717) is 11.1 Å². The van der Waals surface area contributed by atoms with Crippen LogP contribution in [0, 0.1) is 5.21 Å². The molecule has 0 aromatic heterocycles. The third kappa shape index (κ3) is 2.84. The highest BCUT2D eigenvalue weighted by atomic mass is 16.7. The molecule has 0 unspecified atom stereocenters. The van der Waals surface area contributed by atoms with Gasteiger partial charge in [-0.25, -0.2) is 4.90 Å². The number of hydrazine groups is 1. The van der Waals surface area contributed by atoms with Crippen LogP contribution in [-0.2, 0) is 4.84 Å². The lowest BCUT2D eigenvalue weighted by atomic mass is 10.1. The second kappa shape index (κ2) is 6.39. The van der Waals surface area contributed by atoms with Gasteiger partial charge in [-0.3, -0.25) is 9.59 Å². The Morgan fingerprint density at radius 2 is 1.91 bits per heavy atom. The molecular weight excluding hydrogens is 292 g/mol. The van der Waals surface area contributed by atoms with Crippen molar-refractivity contribution in [3.05, 3.63) is 40.6 Å². The van der Waals surface area contributed by atoms with Crippen molar-refractivity contribution < 1.29 is 24.5 Å². The summed E-state index contributed by atoms with van der Waals surface area (Å²) in [6.07, 6.45) is 0. The number of carbonyl (C=O) groups excluding carboxylic acids is 2. The maximum atomic E-state index is 12.0. The first-order valence-corrected chi connectivity index (χ1v) is 6.56. The van der Waals surface area contributed by atoms with E-state index in [1.54, 1.807) is 31.2 Å². The zero-order chi connectivity index (χ0) is 16.3. The minimum Gasteiger partial charge on any atom is -0.569 e. The van der Waals surface area contributed by atoms with Gasteiger partial charge in [0.25, 0.3) is 11.8 Å². The number of fused-ring (bicyclic) bond motifs is 1. The van der Waals surface area contributed by atoms with E-state index in [2.05, 4.69) is 5.28 Å². The lowest BCUT2D eigenvalue weighted by Gasteiger charge is -2.18. The molecule has 9 heteroatoms. The number of hydrogen-bond acceptors (Lipinski definition) is 6. The first kappa shape index (κ1) is 15.7. The fraction of sp³-hybridized carbons (Fsp3) is 0.385. The number of aliphatic hydroxyl groups is 1. The van der Waals surface area contributed by atoms with Crippen LogP contribution < -0.4 is 0 Å². The molecule has 0 saturated heterocycles. The molecule has 1 aliphatic heterocycles. The average Bonchev–Trinajstić information content (AvgIpc) is 2.78. The molecule has 22 heavy (non-hydrogen) atoms. The Labute approximate surface area is 126 Å². The lowest BCUT2D eigenvalue weighted by Crippen LogP contribution is -2.37. The molecule has 1 aromatic carbocycles. The minimum absolute atomic E-state index is 0.138. The van der Waals surface area contributed by atoms with E-state index in [4.69, 9.17) is 9.94 Å². The Kier molecular flexibility index (Phi) is 4.56. The van der Waals surface area contributed by atoms with Gasteiger partial charge in [0.2, 0.25) is 12.0 Å². The molecule has 9 nitrogen and oxygen atoms in total. The van der Waals surface area contributed by atoms with E-state index in [1.807, 2.05) is 0 Å². The van der Waals surface area contributed by atoms with Gasteiger partial charge in [-0.2, -0.15) is 0 Å². The largest absolute Gasteiger partial charge is 0.569 e. The van der Waals surface area contributed by atoms with Gasteiger partial charge in [0.15, 0.2) is 0 Å². The summed E-state index contributed by atoms with van der Waals surface area (Å²) in [6, 6.07) is 5.95. The standard InChI is InChI=1S/C13H16N4O5/c1-9(7-18)15(2)17(21)14-22-8-16-12(19)10-5-3-4-6-11(10)13(16)20/h3-6,9,18H,7-8H2,1-2H3/b17-14+/t9-/m0/s1. The summed E-state index contributed by atoms with van der Waals surface area (Å²) in [5.41, 5.74) is 0.585. The summed E-state index contributed by atoms with van der Waals surface area (Å²) >= 11 is 0. The van der Waals surface area contributed by atoms with Gasteiger partial charge >= 0.3 is 0 Å². The van der Waals surface area contributed by atoms with Crippen molar-refractivity contribution in [1.82, 2.24) is 9.91 Å². The Balaban J connectivity index is 1.99. The van der Waals surface area contributed by atoms with E-state index in [-0.39, 0.29) is 11.6 Å². The molecule has 1 aromatic rings. The zero-order valence-corrected chi connectivity index (χ0v) is 12.2. The lowest BCUT2D eigenvalue weighted by molar-refractivity contribution is -0.712. The van der Waals surface area contributed by atoms with Crippen molar-refractivity contribution in [3.63, 3.8) is 0 Å². The monoisotopic (exact) mass is 308 g/mol. The maximum Gasteiger partial charge on any atom is 0.264 e. The number of imide groups is 1.